The second kappa shape index (κ2) is 3.49. The van der Waals surface area contributed by atoms with Gasteiger partial charge in [0, 0.05) is 34.9 Å². The number of hydrogen-bond donors (Lipinski definition) is 4. The lowest BCUT2D eigenvalue weighted by atomic mass is 9.37. The number of aliphatic hydroxyl groups is 4. The Balaban J connectivity index is 1.55. The minimum absolute atomic E-state index is 0.194. The van der Waals surface area contributed by atoms with E-state index < -0.39 is 29.3 Å². The smallest absolute Gasteiger partial charge is 0.0868 e. The van der Waals surface area contributed by atoms with Gasteiger partial charge in [-0.25, -0.2) is 0 Å². The molecule has 136 valence electrons. The molecular formula is C20H27NO4. The van der Waals surface area contributed by atoms with Gasteiger partial charge in [-0.05, 0) is 49.0 Å². The van der Waals surface area contributed by atoms with Crippen LogP contribution in [0.25, 0.3) is 0 Å². The molecule has 25 heavy (non-hydrogen) atoms. The zero-order valence-electron chi connectivity index (χ0n) is 14.6. The highest BCUT2D eigenvalue weighted by Crippen LogP contribution is 2.88. The van der Waals surface area contributed by atoms with Crippen LogP contribution in [0.4, 0.5) is 0 Å². The Kier molecular flexibility index (Phi) is 2.04. The maximum absolute atomic E-state index is 12.3. The Morgan fingerprint density at radius 2 is 1.88 bits per heavy atom. The van der Waals surface area contributed by atoms with Crippen LogP contribution in [0.15, 0.2) is 12.2 Å². The summed E-state index contributed by atoms with van der Waals surface area (Å²) in [7, 11) is 0. The normalized spacial score (nSPS) is 76.5. The Bertz CT molecular complexity index is 756. The molecule has 9 aliphatic rings. The molecule has 2 spiro atoms. The summed E-state index contributed by atoms with van der Waals surface area (Å²) >= 11 is 0. The lowest BCUT2D eigenvalue weighted by Crippen LogP contribution is -2.75. The Hall–Kier alpha value is -0.460. The van der Waals surface area contributed by atoms with E-state index in [0.717, 1.165) is 25.0 Å². The molecule has 0 amide bonds. The summed E-state index contributed by atoms with van der Waals surface area (Å²) in [4.78, 5) is 2.57. The van der Waals surface area contributed by atoms with Crippen molar-refractivity contribution in [1.29, 1.82) is 0 Å². The van der Waals surface area contributed by atoms with E-state index in [1.165, 1.54) is 0 Å². The van der Waals surface area contributed by atoms with Crippen molar-refractivity contribution in [2.24, 2.45) is 34.0 Å². The fourth-order valence-corrected chi connectivity index (χ4v) is 10.4. The van der Waals surface area contributed by atoms with Gasteiger partial charge in [-0.1, -0.05) is 13.5 Å². The van der Waals surface area contributed by atoms with E-state index in [4.69, 9.17) is 0 Å². The van der Waals surface area contributed by atoms with E-state index in [1.807, 2.05) is 0 Å². The fourth-order valence-electron chi connectivity index (χ4n) is 10.4. The number of nitrogens with zero attached hydrogens (tertiary/aromatic N) is 1. The van der Waals surface area contributed by atoms with E-state index in [0.29, 0.717) is 24.8 Å². The molecule has 0 radical (unpaired) electrons. The van der Waals surface area contributed by atoms with Crippen molar-refractivity contribution >= 4 is 0 Å². The number of aliphatic hydroxyl groups excluding tert-OH is 3. The first kappa shape index (κ1) is 14.6. The van der Waals surface area contributed by atoms with Crippen molar-refractivity contribution in [1.82, 2.24) is 4.90 Å². The van der Waals surface area contributed by atoms with Gasteiger partial charge in [0.15, 0.2) is 0 Å². The second-order valence-corrected chi connectivity index (χ2v) is 10.8. The molecule has 3 saturated heterocycles. The molecule has 4 N–H and O–H groups in total. The summed E-state index contributed by atoms with van der Waals surface area (Å²) in [5, 5.41) is 45.1. The van der Waals surface area contributed by atoms with Crippen LogP contribution < -0.4 is 0 Å². The zero-order valence-corrected chi connectivity index (χ0v) is 14.6. The SMILES string of the molecule is C=C1[C@H]2C[C@@H]3[C@H]4N5C[C@]6(C)[C@H](O)[C@H](O)C[C@@]47[C@@H]6[C@@H]5C[C@]3([C@@H]1O)[C@@]7(O)C2. The second-order valence-electron chi connectivity index (χ2n) is 10.8. The van der Waals surface area contributed by atoms with Crippen LogP contribution in [-0.2, 0) is 0 Å². The molecule has 3 heterocycles. The molecule has 5 nitrogen and oxygen atoms in total. The lowest BCUT2D eigenvalue weighted by molar-refractivity contribution is -0.289. The largest absolute Gasteiger partial charge is 0.390 e. The number of hydrogen-bond acceptors (Lipinski definition) is 5. The first-order valence-corrected chi connectivity index (χ1v) is 9.95. The molecule has 6 saturated carbocycles. The van der Waals surface area contributed by atoms with Gasteiger partial charge in [0.1, 0.15) is 0 Å². The van der Waals surface area contributed by atoms with E-state index in [2.05, 4.69) is 18.4 Å². The van der Waals surface area contributed by atoms with Crippen molar-refractivity contribution in [3.8, 4) is 0 Å². The standard InChI is InChI=1S/C20H27NO4/c1-8-9-3-10-14-19-6-12(22)16(24)17(2)7-21(14)11(13(17)19)5-18(10,15(8)23)20(19,25)4-9/h9-16,22-25H,1,3-7H2,2H3/t9-,10+,11-,12+,13+,14+,15+,16+,17-,18-,19+,20-/m0/s1. The highest BCUT2D eigenvalue weighted by molar-refractivity contribution is 5.47. The molecule has 0 aromatic carbocycles. The Morgan fingerprint density at radius 3 is 2.64 bits per heavy atom. The fraction of sp³-hybridized carbons (Fsp3) is 0.900. The van der Waals surface area contributed by atoms with Crippen LogP contribution in [-0.4, -0.2) is 67.9 Å². The molecule has 6 aliphatic carbocycles. The minimum Gasteiger partial charge on any atom is -0.390 e. The molecule has 3 aliphatic heterocycles. The van der Waals surface area contributed by atoms with Gasteiger partial charge in [-0.15, -0.1) is 0 Å². The van der Waals surface area contributed by atoms with Crippen LogP contribution in [0, 0.1) is 34.0 Å². The quantitative estimate of drug-likeness (QED) is 0.460. The summed E-state index contributed by atoms with van der Waals surface area (Å²) in [6, 6.07) is 0.579. The topological polar surface area (TPSA) is 84.2 Å². The van der Waals surface area contributed by atoms with Gasteiger partial charge < -0.3 is 20.4 Å². The third kappa shape index (κ3) is 0.981. The average Bonchev–Trinajstić information content (AvgIpc) is 2.97. The predicted octanol–water partition coefficient (Wildman–Crippen LogP) is -0.121. The van der Waals surface area contributed by atoms with E-state index in [-0.39, 0.29) is 28.7 Å². The van der Waals surface area contributed by atoms with Gasteiger partial charge >= 0.3 is 0 Å². The van der Waals surface area contributed by atoms with E-state index in [9.17, 15) is 20.4 Å². The van der Waals surface area contributed by atoms with Crippen LogP contribution in [0.1, 0.15) is 32.6 Å². The zero-order chi connectivity index (χ0) is 17.3. The van der Waals surface area contributed by atoms with Crippen molar-refractivity contribution in [2.45, 2.75) is 68.6 Å². The number of piperidine rings is 2. The van der Waals surface area contributed by atoms with Crippen molar-refractivity contribution in [3.05, 3.63) is 12.2 Å². The molecular weight excluding hydrogens is 318 g/mol. The van der Waals surface area contributed by atoms with E-state index >= 15 is 0 Å². The molecule has 13 atom stereocenters. The number of rotatable bonds is 0. The van der Waals surface area contributed by atoms with Gasteiger partial charge in [-0.3, -0.25) is 4.90 Å². The first-order valence-electron chi connectivity index (χ1n) is 9.95. The lowest BCUT2D eigenvalue weighted by Gasteiger charge is -2.69. The van der Waals surface area contributed by atoms with Crippen molar-refractivity contribution < 1.29 is 20.4 Å². The molecule has 0 aromatic rings. The highest BCUT2D eigenvalue weighted by Gasteiger charge is 2.94. The highest BCUT2D eigenvalue weighted by atomic mass is 16.3. The van der Waals surface area contributed by atoms with Crippen LogP contribution in [0.3, 0.4) is 0 Å². The monoisotopic (exact) mass is 345 g/mol. The third-order valence-corrected chi connectivity index (χ3v) is 10.6. The third-order valence-electron chi connectivity index (χ3n) is 10.6. The Labute approximate surface area is 147 Å². The van der Waals surface area contributed by atoms with Crippen LogP contribution in [0.2, 0.25) is 0 Å². The Morgan fingerprint density at radius 1 is 1.12 bits per heavy atom. The van der Waals surface area contributed by atoms with Crippen LogP contribution in [0.5, 0.6) is 0 Å². The molecule has 0 aromatic heterocycles. The van der Waals surface area contributed by atoms with Gasteiger partial charge in [0.2, 0.25) is 0 Å². The summed E-state index contributed by atoms with van der Waals surface area (Å²) < 4.78 is 0. The summed E-state index contributed by atoms with van der Waals surface area (Å²) in [5.41, 5.74) is -1.20. The van der Waals surface area contributed by atoms with Gasteiger partial charge in [0.25, 0.3) is 0 Å². The summed E-state index contributed by atoms with van der Waals surface area (Å²) in [6.07, 6.45) is 0.904. The van der Waals surface area contributed by atoms with E-state index in [1.54, 1.807) is 0 Å². The maximum atomic E-state index is 12.3. The molecule has 5 heteroatoms. The molecule has 9 bridgehead atoms. The van der Waals surface area contributed by atoms with Crippen LogP contribution >= 0.6 is 0 Å². The van der Waals surface area contributed by atoms with Crippen molar-refractivity contribution in [3.63, 3.8) is 0 Å². The summed E-state index contributed by atoms with van der Waals surface area (Å²) in [5.74, 6) is 0.716. The molecule has 1 unspecified atom stereocenters. The van der Waals surface area contributed by atoms with Crippen molar-refractivity contribution in [2.75, 3.05) is 6.54 Å². The van der Waals surface area contributed by atoms with Gasteiger partial charge in [0.05, 0.1) is 23.9 Å². The minimum atomic E-state index is -0.933. The first-order chi connectivity index (χ1) is 11.7. The number of fused-ring (bicyclic) bond motifs is 1. The molecule has 9 fully saturated rings. The maximum Gasteiger partial charge on any atom is 0.0868 e. The predicted molar refractivity (Wildman–Crippen MR) is 88.3 cm³/mol. The average molecular weight is 345 g/mol. The van der Waals surface area contributed by atoms with Gasteiger partial charge in [-0.2, -0.15) is 0 Å². The summed E-state index contributed by atoms with van der Waals surface area (Å²) in [6.45, 7) is 7.13. The molecule has 9 rings (SSSR count).